The second-order valence-electron chi connectivity index (χ2n) is 8.34. The molecule has 0 aliphatic heterocycles. The third-order valence-corrected chi connectivity index (χ3v) is 6.32. The molecule has 0 saturated heterocycles. The van der Waals surface area contributed by atoms with E-state index in [0.717, 1.165) is 31.2 Å². The number of carbonyl (C=O) groups is 1. The first-order valence-corrected chi connectivity index (χ1v) is 12.1. The SMILES string of the molecule is CCOc1cc(C(=O)NCC2(c3ccc(OC)c(OC)c3)CCCC2)cc(OCC)c1OCC. The molecule has 0 spiro atoms. The van der Waals surface area contributed by atoms with E-state index in [9.17, 15) is 4.79 Å². The zero-order valence-electron chi connectivity index (χ0n) is 21.0. The average molecular weight is 472 g/mol. The molecule has 3 rings (SSSR count). The topological polar surface area (TPSA) is 75.3 Å². The summed E-state index contributed by atoms with van der Waals surface area (Å²) in [6.45, 7) is 7.62. The Kier molecular flexibility index (Phi) is 8.91. The van der Waals surface area contributed by atoms with Crippen molar-refractivity contribution in [2.75, 3.05) is 40.6 Å². The molecule has 1 saturated carbocycles. The molecular formula is C27H37NO6. The minimum Gasteiger partial charge on any atom is -0.493 e. The maximum Gasteiger partial charge on any atom is 0.251 e. The van der Waals surface area contributed by atoms with Gasteiger partial charge in [-0.1, -0.05) is 18.9 Å². The highest BCUT2D eigenvalue weighted by Crippen LogP contribution is 2.44. The Balaban J connectivity index is 1.87. The number of methoxy groups -OCH3 is 2. The Morgan fingerprint density at radius 2 is 1.41 bits per heavy atom. The van der Waals surface area contributed by atoms with Crippen LogP contribution in [0.4, 0.5) is 0 Å². The van der Waals surface area contributed by atoms with Crippen LogP contribution in [0.5, 0.6) is 28.7 Å². The van der Waals surface area contributed by atoms with Crippen LogP contribution in [0.3, 0.4) is 0 Å². The van der Waals surface area contributed by atoms with Gasteiger partial charge in [-0.3, -0.25) is 4.79 Å². The van der Waals surface area contributed by atoms with Crippen LogP contribution < -0.4 is 29.0 Å². The lowest BCUT2D eigenvalue weighted by Crippen LogP contribution is -2.39. The lowest BCUT2D eigenvalue weighted by Gasteiger charge is -2.30. The van der Waals surface area contributed by atoms with Crippen molar-refractivity contribution in [2.45, 2.75) is 51.9 Å². The highest BCUT2D eigenvalue weighted by atomic mass is 16.5. The van der Waals surface area contributed by atoms with Crippen LogP contribution in [0.25, 0.3) is 0 Å². The van der Waals surface area contributed by atoms with Gasteiger partial charge < -0.3 is 29.0 Å². The molecule has 0 aromatic heterocycles. The highest BCUT2D eigenvalue weighted by molar-refractivity contribution is 5.95. The number of amides is 1. The quantitative estimate of drug-likeness (QED) is 0.462. The molecule has 0 heterocycles. The molecule has 1 N–H and O–H groups in total. The van der Waals surface area contributed by atoms with Crippen LogP contribution in [0.15, 0.2) is 30.3 Å². The lowest BCUT2D eigenvalue weighted by molar-refractivity contribution is 0.0942. The van der Waals surface area contributed by atoms with Gasteiger partial charge in [0.15, 0.2) is 23.0 Å². The summed E-state index contributed by atoms with van der Waals surface area (Å²) in [5.41, 5.74) is 1.49. The molecule has 0 radical (unpaired) electrons. The fraction of sp³-hybridized carbons (Fsp3) is 0.519. The van der Waals surface area contributed by atoms with E-state index in [2.05, 4.69) is 11.4 Å². The standard InChI is InChI=1S/C27H37NO6/c1-6-32-23-15-19(16-24(33-7-2)25(23)34-8-3)26(29)28-18-27(13-9-10-14-27)20-11-12-21(30-4)22(17-20)31-5/h11-12,15-17H,6-10,13-14,18H2,1-5H3,(H,28,29). The van der Waals surface area contributed by atoms with Gasteiger partial charge in [0.1, 0.15) is 0 Å². The van der Waals surface area contributed by atoms with Gasteiger partial charge in [-0.15, -0.1) is 0 Å². The summed E-state index contributed by atoms with van der Waals surface area (Å²) < 4.78 is 28.2. The minimum absolute atomic E-state index is 0.147. The van der Waals surface area contributed by atoms with E-state index in [0.29, 0.717) is 60.7 Å². The van der Waals surface area contributed by atoms with Gasteiger partial charge in [-0.2, -0.15) is 0 Å². The molecule has 2 aromatic rings. The smallest absolute Gasteiger partial charge is 0.251 e. The van der Waals surface area contributed by atoms with Crippen molar-refractivity contribution in [1.82, 2.24) is 5.32 Å². The molecule has 2 aromatic carbocycles. The summed E-state index contributed by atoms with van der Waals surface area (Å²) in [6, 6.07) is 9.50. The fourth-order valence-corrected chi connectivity index (χ4v) is 4.66. The van der Waals surface area contributed by atoms with E-state index in [-0.39, 0.29) is 11.3 Å². The fourth-order valence-electron chi connectivity index (χ4n) is 4.66. The van der Waals surface area contributed by atoms with E-state index < -0.39 is 0 Å². The van der Waals surface area contributed by atoms with Gasteiger partial charge in [0, 0.05) is 17.5 Å². The van der Waals surface area contributed by atoms with E-state index >= 15 is 0 Å². The summed E-state index contributed by atoms with van der Waals surface area (Å²) >= 11 is 0. The molecule has 1 aliphatic carbocycles. The zero-order chi connectivity index (χ0) is 24.6. The Bertz CT molecular complexity index is 941. The van der Waals surface area contributed by atoms with Gasteiger partial charge in [0.2, 0.25) is 5.75 Å². The lowest BCUT2D eigenvalue weighted by atomic mass is 9.78. The predicted molar refractivity (Wildman–Crippen MR) is 132 cm³/mol. The Morgan fingerprint density at radius 3 is 1.94 bits per heavy atom. The minimum atomic E-state index is -0.170. The summed E-state index contributed by atoms with van der Waals surface area (Å²) in [7, 11) is 3.27. The van der Waals surface area contributed by atoms with E-state index in [1.54, 1.807) is 26.4 Å². The summed E-state index contributed by atoms with van der Waals surface area (Å²) in [4.78, 5) is 13.3. The van der Waals surface area contributed by atoms with Gasteiger partial charge in [-0.05, 0) is 63.4 Å². The van der Waals surface area contributed by atoms with E-state index in [1.807, 2.05) is 32.9 Å². The van der Waals surface area contributed by atoms with Crippen molar-refractivity contribution < 1.29 is 28.5 Å². The first-order valence-electron chi connectivity index (χ1n) is 12.1. The second-order valence-corrected chi connectivity index (χ2v) is 8.34. The number of rotatable bonds is 12. The molecule has 7 nitrogen and oxygen atoms in total. The van der Waals surface area contributed by atoms with Crippen LogP contribution in [-0.4, -0.2) is 46.5 Å². The van der Waals surface area contributed by atoms with Crippen LogP contribution in [0.2, 0.25) is 0 Å². The van der Waals surface area contributed by atoms with E-state index in [4.69, 9.17) is 23.7 Å². The summed E-state index contributed by atoms with van der Waals surface area (Å²) in [5, 5.41) is 3.17. The molecule has 34 heavy (non-hydrogen) atoms. The largest absolute Gasteiger partial charge is 0.493 e. The van der Waals surface area contributed by atoms with Gasteiger partial charge >= 0.3 is 0 Å². The van der Waals surface area contributed by atoms with Gasteiger partial charge in [-0.25, -0.2) is 0 Å². The monoisotopic (exact) mass is 471 g/mol. The number of nitrogens with one attached hydrogen (secondary N) is 1. The number of hydrogen-bond donors (Lipinski definition) is 1. The van der Waals surface area contributed by atoms with Crippen LogP contribution >= 0.6 is 0 Å². The summed E-state index contributed by atoms with van der Waals surface area (Å²) in [6.07, 6.45) is 4.24. The molecule has 0 bridgehead atoms. The first-order chi connectivity index (χ1) is 16.5. The Hall–Kier alpha value is -3.09. The highest BCUT2D eigenvalue weighted by Gasteiger charge is 2.36. The van der Waals surface area contributed by atoms with Crippen molar-refractivity contribution in [3.8, 4) is 28.7 Å². The Morgan fingerprint density at radius 1 is 0.824 bits per heavy atom. The molecular weight excluding hydrogens is 434 g/mol. The second kappa shape index (κ2) is 11.9. The zero-order valence-corrected chi connectivity index (χ0v) is 21.0. The Labute approximate surface area is 202 Å². The van der Waals surface area contributed by atoms with Crippen molar-refractivity contribution in [1.29, 1.82) is 0 Å². The predicted octanol–water partition coefficient (Wildman–Crippen LogP) is 5.14. The van der Waals surface area contributed by atoms with Gasteiger partial charge in [0.25, 0.3) is 5.91 Å². The molecule has 0 unspecified atom stereocenters. The number of ether oxygens (including phenoxy) is 5. The van der Waals surface area contributed by atoms with Crippen molar-refractivity contribution in [2.24, 2.45) is 0 Å². The van der Waals surface area contributed by atoms with Crippen molar-refractivity contribution in [3.63, 3.8) is 0 Å². The maximum atomic E-state index is 13.3. The third kappa shape index (κ3) is 5.51. The molecule has 0 atom stereocenters. The molecule has 1 fully saturated rings. The number of hydrogen-bond acceptors (Lipinski definition) is 6. The molecule has 7 heteroatoms. The molecule has 186 valence electrons. The van der Waals surface area contributed by atoms with Crippen LogP contribution in [0, 0.1) is 0 Å². The normalized spacial score (nSPS) is 14.4. The van der Waals surface area contributed by atoms with Crippen LogP contribution in [0.1, 0.15) is 62.4 Å². The van der Waals surface area contributed by atoms with Crippen molar-refractivity contribution >= 4 is 5.91 Å². The summed E-state index contributed by atoms with van der Waals surface area (Å²) in [5.74, 6) is 2.78. The van der Waals surface area contributed by atoms with Crippen LogP contribution in [-0.2, 0) is 5.41 Å². The maximum absolute atomic E-state index is 13.3. The first kappa shape index (κ1) is 25.5. The number of benzene rings is 2. The molecule has 1 amide bonds. The average Bonchev–Trinajstić information content (AvgIpc) is 3.34. The van der Waals surface area contributed by atoms with E-state index in [1.165, 1.54) is 0 Å². The number of carbonyl (C=O) groups excluding carboxylic acids is 1. The van der Waals surface area contributed by atoms with Crippen molar-refractivity contribution in [3.05, 3.63) is 41.5 Å². The molecule has 1 aliphatic rings. The van der Waals surface area contributed by atoms with Gasteiger partial charge in [0.05, 0.1) is 34.0 Å². The third-order valence-electron chi connectivity index (χ3n) is 6.32.